The molecule has 1 heterocycles. The Morgan fingerprint density at radius 2 is 2.33 bits per heavy atom. The monoisotopic (exact) mass is 242 g/mol. The largest absolute Gasteiger partial charge is 0.326 e. The number of rotatable bonds is 0. The van der Waals surface area contributed by atoms with E-state index in [2.05, 4.69) is 30.1 Å². The SMILES string of the molecule is CC=C1[C@@H]2C=CC[C@]1(N)c1c(C)cc(=O)[nH]c1C2. The predicted molar refractivity (Wildman–Crippen MR) is 72.4 cm³/mol. The molecule has 3 rings (SSSR count). The summed E-state index contributed by atoms with van der Waals surface area (Å²) >= 11 is 0. The van der Waals surface area contributed by atoms with E-state index in [1.54, 1.807) is 6.07 Å². The van der Waals surface area contributed by atoms with Gasteiger partial charge in [-0.3, -0.25) is 4.79 Å². The Kier molecular flexibility index (Phi) is 2.35. The van der Waals surface area contributed by atoms with E-state index < -0.39 is 5.54 Å². The summed E-state index contributed by atoms with van der Waals surface area (Å²) in [6.45, 7) is 4.03. The van der Waals surface area contributed by atoms with Gasteiger partial charge in [0.25, 0.3) is 0 Å². The first kappa shape index (κ1) is 11.5. The summed E-state index contributed by atoms with van der Waals surface area (Å²) in [7, 11) is 0. The Bertz CT molecular complexity index is 624. The Morgan fingerprint density at radius 3 is 3.06 bits per heavy atom. The molecule has 0 saturated heterocycles. The predicted octanol–water partition coefficient (Wildman–Crippen LogP) is 1.92. The molecule has 0 aliphatic heterocycles. The van der Waals surface area contributed by atoms with Crippen molar-refractivity contribution in [2.45, 2.75) is 32.2 Å². The number of aromatic nitrogens is 1. The van der Waals surface area contributed by atoms with Crippen LogP contribution in [0.15, 0.2) is 34.7 Å². The van der Waals surface area contributed by atoms with Crippen LogP contribution in [-0.2, 0) is 12.0 Å². The van der Waals surface area contributed by atoms with E-state index in [1.165, 1.54) is 5.57 Å². The molecule has 3 nitrogen and oxygen atoms in total. The van der Waals surface area contributed by atoms with E-state index >= 15 is 0 Å². The van der Waals surface area contributed by atoms with E-state index in [-0.39, 0.29) is 5.56 Å². The minimum atomic E-state index is -0.434. The van der Waals surface area contributed by atoms with Gasteiger partial charge in [-0.2, -0.15) is 0 Å². The van der Waals surface area contributed by atoms with Crippen LogP contribution in [0.3, 0.4) is 0 Å². The number of fused-ring (bicyclic) bond motifs is 4. The molecule has 0 spiro atoms. The van der Waals surface area contributed by atoms with E-state index in [4.69, 9.17) is 5.73 Å². The number of hydrogen-bond acceptors (Lipinski definition) is 2. The lowest BCUT2D eigenvalue weighted by Crippen LogP contribution is -2.48. The smallest absolute Gasteiger partial charge is 0.248 e. The highest BCUT2D eigenvalue weighted by atomic mass is 16.1. The van der Waals surface area contributed by atoms with Gasteiger partial charge in [0, 0.05) is 17.7 Å². The van der Waals surface area contributed by atoms with Crippen molar-refractivity contribution < 1.29 is 0 Å². The van der Waals surface area contributed by atoms with Gasteiger partial charge in [-0.1, -0.05) is 18.2 Å². The maximum absolute atomic E-state index is 11.6. The van der Waals surface area contributed by atoms with Gasteiger partial charge in [-0.15, -0.1) is 0 Å². The van der Waals surface area contributed by atoms with Crippen molar-refractivity contribution in [3.63, 3.8) is 0 Å². The average molecular weight is 242 g/mol. The summed E-state index contributed by atoms with van der Waals surface area (Å²) in [5, 5.41) is 0. The van der Waals surface area contributed by atoms with Gasteiger partial charge in [0.2, 0.25) is 5.56 Å². The van der Waals surface area contributed by atoms with Crippen molar-refractivity contribution in [3.8, 4) is 0 Å². The first-order valence-electron chi connectivity index (χ1n) is 6.42. The summed E-state index contributed by atoms with van der Waals surface area (Å²) in [6.07, 6.45) is 8.18. The molecule has 0 unspecified atom stereocenters. The number of H-pyrrole nitrogens is 1. The van der Waals surface area contributed by atoms with Crippen LogP contribution in [0.5, 0.6) is 0 Å². The normalized spacial score (nSPS) is 31.5. The van der Waals surface area contributed by atoms with Crippen molar-refractivity contribution in [1.29, 1.82) is 0 Å². The first-order valence-corrected chi connectivity index (χ1v) is 6.42. The number of aryl methyl sites for hydroxylation is 1. The zero-order valence-corrected chi connectivity index (χ0v) is 10.8. The summed E-state index contributed by atoms with van der Waals surface area (Å²) in [4.78, 5) is 14.6. The molecule has 18 heavy (non-hydrogen) atoms. The fourth-order valence-electron chi connectivity index (χ4n) is 3.61. The highest BCUT2D eigenvalue weighted by Gasteiger charge is 2.43. The zero-order chi connectivity index (χ0) is 12.9. The van der Waals surface area contributed by atoms with Gasteiger partial charge in [-0.05, 0) is 43.4 Å². The molecule has 3 heteroatoms. The van der Waals surface area contributed by atoms with Crippen LogP contribution in [0.2, 0.25) is 0 Å². The number of nitrogens with two attached hydrogens (primary N) is 1. The van der Waals surface area contributed by atoms with Gasteiger partial charge in [0.05, 0.1) is 5.54 Å². The van der Waals surface area contributed by atoms with Gasteiger partial charge < -0.3 is 10.7 Å². The highest BCUT2D eigenvalue weighted by molar-refractivity contribution is 5.50. The Balaban J connectivity index is 2.34. The number of nitrogens with one attached hydrogen (secondary N) is 1. The lowest BCUT2D eigenvalue weighted by molar-refractivity contribution is 0.419. The van der Waals surface area contributed by atoms with Crippen molar-refractivity contribution >= 4 is 0 Å². The third-order valence-corrected chi connectivity index (χ3v) is 4.22. The van der Waals surface area contributed by atoms with Crippen molar-refractivity contribution in [1.82, 2.24) is 4.98 Å². The molecule has 2 aliphatic carbocycles. The van der Waals surface area contributed by atoms with E-state index in [0.29, 0.717) is 5.92 Å². The molecule has 94 valence electrons. The van der Waals surface area contributed by atoms with Crippen molar-refractivity contribution in [3.05, 3.63) is 57.0 Å². The van der Waals surface area contributed by atoms with Crippen LogP contribution < -0.4 is 11.3 Å². The Labute approximate surface area is 106 Å². The summed E-state index contributed by atoms with van der Waals surface area (Å²) < 4.78 is 0. The maximum atomic E-state index is 11.6. The second-order valence-electron chi connectivity index (χ2n) is 5.33. The average Bonchev–Trinajstić information content (AvgIpc) is 2.26. The molecule has 3 N–H and O–H groups in total. The summed E-state index contributed by atoms with van der Waals surface area (Å²) in [5.74, 6) is 0.332. The van der Waals surface area contributed by atoms with Crippen LogP contribution in [0.4, 0.5) is 0 Å². The molecular formula is C15H18N2O. The maximum Gasteiger partial charge on any atom is 0.248 e. The number of hydrogen-bond donors (Lipinski definition) is 2. The molecule has 0 radical (unpaired) electrons. The minimum absolute atomic E-state index is 0.0270. The quantitative estimate of drug-likeness (QED) is 0.683. The fraction of sp³-hybridized carbons (Fsp3) is 0.400. The molecule has 2 aliphatic rings. The van der Waals surface area contributed by atoms with Crippen LogP contribution in [0.25, 0.3) is 0 Å². The molecule has 1 aromatic heterocycles. The van der Waals surface area contributed by atoms with Crippen LogP contribution in [0, 0.1) is 12.8 Å². The topological polar surface area (TPSA) is 58.9 Å². The second kappa shape index (κ2) is 3.69. The summed E-state index contributed by atoms with van der Waals surface area (Å²) in [5.41, 5.74) is 10.6. The molecule has 0 fully saturated rings. The third kappa shape index (κ3) is 1.37. The lowest BCUT2D eigenvalue weighted by atomic mass is 9.64. The van der Waals surface area contributed by atoms with Crippen molar-refractivity contribution in [2.75, 3.05) is 0 Å². The van der Waals surface area contributed by atoms with Crippen LogP contribution >= 0.6 is 0 Å². The van der Waals surface area contributed by atoms with E-state index in [0.717, 1.165) is 29.7 Å². The lowest BCUT2D eigenvalue weighted by Gasteiger charge is -2.44. The van der Waals surface area contributed by atoms with Crippen LogP contribution in [0.1, 0.15) is 30.2 Å². The van der Waals surface area contributed by atoms with E-state index in [1.807, 2.05) is 6.92 Å². The molecule has 0 saturated carbocycles. The van der Waals surface area contributed by atoms with Gasteiger partial charge >= 0.3 is 0 Å². The van der Waals surface area contributed by atoms with Gasteiger partial charge in [0.1, 0.15) is 0 Å². The molecular weight excluding hydrogens is 224 g/mol. The zero-order valence-electron chi connectivity index (χ0n) is 10.8. The second-order valence-corrected chi connectivity index (χ2v) is 5.33. The molecule has 2 atom stereocenters. The Hall–Kier alpha value is -1.61. The number of allylic oxidation sites excluding steroid dienone is 2. The number of pyridine rings is 1. The van der Waals surface area contributed by atoms with E-state index in [9.17, 15) is 4.79 Å². The first-order chi connectivity index (χ1) is 8.56. The fourth-order valence-corrected chi connectivity index (χ4v) is 3.61. The molecule has 2 bridgehead atoms. The Morgan fingerprint density at radius 1 is 1.56 bits per heavy atom. The van der Waals surface area contributed by atoms with Gasteiger partial charge in [-0.25, -0.2) is 0 Å². The highest BCUT2D eigenvalue weighted by Crippen LogP contribution is 2.46. The minimum Gasteiger partial charge on any atom is -0.326 e. The van der Waals surface area contributed by atoms with Crippen molar-refractivity contribution in [2.24, 2.45) is 11.7 Å². The third-order valence-electron chi connectivity index (χ3n) is 4.22. The number of aromatic amines is 1. The standard InChI is InChI=1S/C15H18N2O/c1-3-11-10-5-4-6-15(11,16)14-9(2)7-13(18)17-12(14)8-10/h3-5,7,10H,6,8,16H2,1-2H3,(H,17,18)/t10-,15-/m1/s1. The van der Waals surface area contributed by atoms with Crippen LogP contribution in [-0.4, -0.2) is 4.98 Å². The molecule has 0 aromatic carbocycles. The van der Waals surface area contributed by atoms with Gasteiger partial charge in [0.15, 0.2) is 0 Å². The molecule has 1 aromatic rings. The molecule has 0 amide bonds. The summed E-state index contributed by atoms with van der Waals surface area (Å²) in [6, 6.07) is 1.65.